The van der Waals surface area contributed by atoms with Gasteiger partial charge in [-0.1, -0.05) is 120 Å². The van der Waals surface area contributed by atoms with E-state index in [2.05, 4.69) is 67.3 Å². The van der Waals surface area contributed by atoms with Crippen molar-refractivity contribution < 1.29 is 0 Å². The first kappa shape index (κ1) is 26.2. The molecule has 0 bridgehead atoms. The average molecular weight is 405 g/mol. The highest BCUT2D eigenvalue weighted by Gasteiger charge is 2.36. The monoisotopic (exact) mass is 404 g/mol. The third kappa shape index (κ3) is 7.76. The Kier molecular flexibility index (Phi) is 10.5. The molecule has 1 heterocycles. The number of unbranched alkanes of at least 4 members (excludes halogenated alkanes) is 6. The number of aromatic nitrogens is 2. The van der Waals surface area contributed by atoms with E-state index in [0.29, 0.717) is 0 Å². The minimum absolute atomic E-state index is 0.112. The van der Waals surface area contributed by atoms with Gasteiger partial charge >= 0.3 is 0 Å². The minimum Gasteiger partial charge on any atom is -0.345 e. The molecular formula is C27H52N2. The lowest BCUT2D eigenvalue weighted by Gasteiger charge is -2.30. The Morgan fingerprint density at radius 3 is 1.45 bits per heavy atom. The molecule has 0 aliphatic carbocycles. The van der Waals surface area contributed by atoms with Gasteiger partial charge in [0.25, 0.3) is 0 Å². The van der Waals surface area contributed by atoms with Crippen LogP contribution in [0.3, 0.4) is 0 Å². The number of imidazole rings is 1. The Bertz CT molecular complexity index is 538. The molecule has 1 rings (SSSR count). The number of hydrogen-bond donors (Lipinski definition) is 1. The van der Waals surface area contributed by atoms with Gasteiger partial charge < -0.3 is 4.98 Å². The second-order valence-corrected chi connectivity index (χ2v) is 11.3. The lowest BCUT2D eigenvalue weighted by Crippen LogP contribution is -2.26. The summed E-state index contributed by atoms with van der Waals surface area (Å²) < 4.78 is 0. The summed E-state index contributed by atoms with van der Waals surface area (Å²) in [7, 11) is 0. The van der Waals surface area contributed by atoms with Crippen LogP contribution in [0.1, 0.15) is 157 Å². The van der Waals surface area contributed by atoms with Crippen LogP contribution < -0.4 is 0 Å². The highest BCUT2D eigenvalue weighted by atomic mass is 15.0. The quantitative estimate of drug-likeness (QED) is 0.290. The first-order valence-electron chi connectivity index (χ1n) is 12.6. The van der Waals surface area contributed by atoms with Gasteiger partial charge in [0, 0.05) is 21.9 Å². The van der Waals surface area contributed by atoms with Crippen LogP contribution >= 0.6 is 0 Å². The van der Waals surface area contributed by atoms with Crippen molar-refractivity contribution in [2.45, 2.75) is 156 Å². The number of H-pyrrole nitrogens is 1. The van der Waals surface area contributed by atoms with E-state index >= 15 is 0 Å². The molecule has 1 aromatic heterocycles. The first-order chi connectivity index (χ1) is 13.5. The Morgan fingerprint density at radius 1 is 0.586 bits per heavy atom. The third-order valence-corrected chi connectivity index (χ3v) is 6.88. The molecule has 0 aromatic carbocycles. The molecule has 0 radical (unpaired) electrons. The molecule has 0 unspecified atom stereocenters. The van der Waals surface area contributed by atoms with Crippen LogP contribution in [0.15, 0.2) is 0 Å². The van der Waals surface area contributed by atoms with Crippen molar-refractivity contribution in [2.75, 3.05) is 0 Å². The minimum atomic E-state index is 0.112. The SMILES string of the molecule is CCCCCC(C)(C)c1nc(C(C)(C)CCCCC)c(C(C)(C)CCCCC)[nH]1. The maximum atomic E-state index is 5.35. The molecule has 29 heavy (non-hydrogen) atoms. The molecule has 2 nitrogen and oxygen atoms in total. The Balaban J connectivity index is 3.26. The standard InChI is InChI=1S/C27H52N2/c1-10-13-16-19-25(4,5)22-23(26(6,7)20-17-14-11-2)29-24(28-22)27(8,9)21-18-15-12-3/h10-21H2,1-9H3,(H,28,29). The summed E-state index contributed by atoms with van der Waals surface area (Å²) in [6.45, 7) is 21.3. The van der Waals surface area contributed by atoms with Crippen LogP contribution in [0.4, 0.5) is 0 Å². The van der Waals surface area contributed by atoms with Crippen LogP contribution in [-0.2, 0) is 16.2 Å². The Labute approximate surface area is 183 Å². The second kappa shape index (κ2) is 11.6. The van der Waals surface area contributed by atoms with Crippen LogP contribution in [0, 0.1) is 0 Å². The highest BCUT2D eigenvalue weighted by molar-refractivity contribution is 5.31. The van der Waals surface area contributed by atoms with Crippen LogP contribution in [0.2, 0.25) is 0 Å². The van der Waals surface area contributed by atoms with E-state index in [-0.39, 0.29) is 16.2 Å². The van der Waals surface area contributed by atoms with E-state index in [9.17, 15) is 0 Å². The number of nitrogens with zero attached hydrogens (tertiary/aromatic N) is 1. The summed E-state index contributed by atoms with van der Waals surface area (Å²) in [5.74, 6) is 1.21. The predicted molar refractivity (Wildman–Crippen MR) is 130 cm³/mol. The summed E-state index contributed by atoms with van der Waals surface area (Å²) in [5, 5.41) is 0. The zero-order valence-corrected chi connectivity index (χ0v) is 21.4. The number of hydrogen-bond acceptors (Lipinski definition) is 1. The van der Waals surface area contributed by atoms with Crippen LogP contribution in [-0.4, -0.2) is 9.97 Å². The van der Waals surface area contributed by atoms with Crippen molar-refractivity contribution in [3.05, 3.63) is 17.2 Å². The topological polar surface area (TPSA) is 28.7 Å². The molecule has 0 aliphatic heterocycles. The molecule has 0 atom stereocenters. The lowest BCUT2D eigenvalue weighted by molar-refractivity contribution is 0.399. The van der Waals surface area contributed by atoms with Crippen LogP contribution in [0.25, 0.3) is 0 Å². The lowest BCUT2D eigenvalue weighted by atomic mass is 9.75. The number of aromatic amines is 1. The second-order valence-electron chi connectivity index (χ2n) is 11.3. The fourth-order valence-electron chi connectivity index (χ4n) is 4.49. The van der Waals surface area contributed by atoms with E-state index < -0.39 is 0 Å². The van der Waals surface area contributed by atoms with Crippen molar-refractivity contribution in [1.29, 1.82) is 0 Å². The van der Waals surface area contributed by atoms with Gasteiger partial charge in [0.15, 0.2) is 0 Å². The van der Waals surface area contributed by atoms with E-state index in [1.54, 1.807) is 0 Å². The summed E-state index contributed by atoms with van der Waals surface area (Å²) >= 11 is 0. The van der Waals surface area contributed by atoms with Crippen molar-refractivity contribution >= 4 is 0 Å². The largest absolute Gasteiger partial charge is 0.345 e. The first-order valence-corrected chi connectivity index (χ1v) is 12.6. The van der Waals surface area contributed by atoms with Crippen molar-refractivity contribution in [1.82, 2.24) is 9.97 Å². The smallest absolute Gasteiger partial charge is 0.112 e. The Morgan fingerprint density at radius 2 is 1.00 bits per heavy atom. The van der Waals surface area contributed by atoms with E-state index in [4.69, 9.17) is 4.98 Å². The van der Waals surface area contributed by atoms with Gasteiger partial charge in [0.05, 0.1) is 5.69 Å². The third-order valence-electron chi connectivity index (χ3n) is 6.88. The molecule has 0 spiro atoms. The molecule has 1 N–H and O–H groups in total. The summed E-state index contributed by atoms with van der Waals surface area (Å²) in [4.78, 5) is 9.25. The molecule has 0 fully saturated rings. The fourth-order valence-corrected chi connectivity index (χ4v) is 4.49. The fraction of sp³-hybridized carbons (Fsp3) is 0.889. The van der Waals surface area contributed by atoms with E-state index in [1.807, 2.05) is 0 Å². The average Bonchev–Trinajstić information content (AvgIpc) is 3.10. The van der Waals surface area contributed by atoms with E-state index in [1.165, 1.54) is 94.3 Å². The van der Waals surface area contributed by atoms with Gasteiger partial charge in [0.1, 0.15) is 5.82 Å². The van der Waals surface area contributed by atoms with Gasteiger partial charge in [0.2, 0.25) is 0 Å². The van der Waals surface area contributed by atoms with Crippen molar-refractivity contribution in [3.8, 4) is 0 Å². The van der Waals surface area contributed by atoms with Gasteiger partial charge in [-0.05, 0) is 19.3 Å². The molecular weight excluding hydrogens is 352 g/mol. The summed E-state index contributed by atoms with van der Waals surface area (Å²) in [6, 6.07) is 0. The Hall–Kier alpha value is -0.790. The van der Waals surface area contributed by atoms with Gasteiger partial charge in [-0.15, -0.1) is 0 Å². The zero-order chi connectivity index (χ0) is 22.1. The zero-order valence-electron chi connectivity index (χ0n) is 21.4. The molecule has 0 amide bonds. The maximum absolute atomic E-state index is 5.35. The maximum Gasteiger partial charge on any atom is 0.112 e. The van der Waals surface area contributed by atoms with Crippen molar-refractivity contribution in [3.63, 3.8) is 0 Å². The predicted octanol–water partition coefficient (Wildman–Crippen LogP) is 8.98. The van der Waals surface area contributed by atoms with Crippen LogP contribution in [0.5, 0.6) is 0 Å². The number of nitrogens with one attached hydrogen (secondary N) is 1. The van der Waals surface area contributed by atoms with Gasteiger partial charge in [-0.25, -0.2) is 4.98 Å². The highest BCUT2D eigenvalue weighted by Crippen LogP contribution is 2.40. The molecule has 0 saturated carbocycles. The molecule has 1 aromatic rings. The summed E-state index contributed by atoms with van der Waals surface area (Å²) in [5.41, 5.74) is 3.14. The van der Waals surface area contributed by atoms with E-state index in [0.717, 1.165) is 0 Å². The van der Waals surface area contributed by atoms with Crippen molar-refractivity contribution in [2.24, 2.45) is 0 Å². The molecule has 0 saturated heterocycles. The molecule has 0 aliphatic rings. The van der Waals surface area contributed by atoms with Gasteiger partial charge in [-0.3, -0.25) is 0 Å². The number of rotatable bonds is 15. The van der Waals surface area contributed by atoms with Gasteiger partial charge in [-0.2, -0.15) is 0 Å². The molecule has 170 valence electrons. The summed E-state index contributed by atoms with van der Waals surface area (Å²) in [6.07, 6.45) is 15.3. The normalized spacial score (nSPS) is 13.3. The molecule has 2 heteroatoms.